The zero-order valence-electron chi connectivity index (χ0n) is 12.4. The maximum Gasteiger partial charge on any atom is 0.123 e. The topological polar surface area (TPSA) is 35.2 Å². The molecule has 1 unspecified atom stereocenters. The summed E-state index contributed by atoms with van der Waals surface area (Å²) >= 11 is 0. The molecule has 0 aliphatic carbocycles. The monoisotopic (exact) mass is 291 g/mol. The molecule has 0 fully saturated rings. The molecule has 112 valence electrons. The van der Waals surface area contributed by atoms with Gasteiger partial charge < -0.3 is 10.5 Å². The quantitative estimate of drug-likeness (QED) is 0.925. The van der Waals surface area contributed by atoms with E-state index in [2.05, 4.69) is 0 Å². The highest BCUT2D eigenvalue weighted by atomic mass is 19.1. The number of hydrogen-bond acceptors (Lipinski definition) is 2. The third-order valence-electron chi connectivity index (χ3n) is 3.89. The van der Waals surface area contributed by atoms with E-state index in [0.29, 0.717) is 11.3 Å². The van der Waals surface area contributed by atoms with E-state index in [0.717, 1.165) is 5.56 Å². The first-order valence-corrected chi connectivity index (χ1v) is 6.71. The Morgan fingerprint density at radius 2 is 1.57 bits per heavy atom. The molecular formula is C17H19F2NO. The number of ether oxygens (including phenoxy) is 1. The minimum Gasteiger partial charge on any atom is -0.496 e. The van der Waals surface area contributed by atoms with Crippen LogP contribution in [0.4, 0.5) is 8.78 Å². The Balaban J connectivity index is 2.44. The average molecular weight is 291 g/mol. The van der Waals surface area contributed by atoms with Crippen molar-refractivity contribution in [3.05, 3.63) is 65.2 Å². The number of rotatable bonds is 4. The van der Waals surface area contributed by atoms with E-state index in [1.54, 1.807) is 18.2 Å². The molecule has 0 aliphatic heterocycles. The van der Waals surface area contributed by atoms with Crippen LogP contribution in [0, 0.1) is 11.6 Å². The van der Waals surface area contributed by atoms with Crippen molar-refractivity contribution in [3.63, 3.8) is 0 Å². The van der Waals surface area contributed by atoms with Crippen LogP contribution < -0.4 is 10.5 Å². The van der Waals surface area contributed by atoms with Gasteiger partial charge in [0.2, 0.25) is 0 Å². The summed E-state index contributed by atoms with van der Waals surface area (Å²) in [5, 5.41) is 0. The van der Waals surface area contributed by atoms with E-state index in [-0.39, 0.29) is 11.6 Å². The molecule has 0 saturated heterocycles. The van der Waals surface area contributed by atoms with Crippen LogP contribution in [-0.2, 0) is 5.41 Å². The van der Waals surface area contributed by atoms with Crippen molar-refractivity contribution in [1.82, 2.24) is 0 Å². The second-order valence-electron chi connectivity index (χ2n) is 5.59. The Bertz CT molecular complexity index is 623. The molecule has 0 aromatic heterocycles. The Morgan fingerprint density at radius 3 is 2.14 bits per heavy atom. The standard InChI is InChI=1S/C17H19F2NO/c1-17(2,11-4-6-12(18)7-5-11)16(20)14-10-13(19)8-9-15(14)21-3/h4-10,16H,20H2,1-3H3. The average Bonchev–Trinajstić information content (AvgIpc) is 2.46. The van der Waals surface area contributed by atoms with E-state index in [9.17, 15) is 8.78 Å². The van der Waals surface area contributed by atoms with Crippen LogP contribution in [0.5, 0.6) is 5.75 Å². The van der Waals surface area contributed by atoms with Crippen LogP contribution in [0.15, 0.2) is 42.5 Å². The second kappa shape index (κ2) is 5.82. The van der Waals surface area contributed by atoms with Crippen LogP contribution in [0.25, 0.3) is 0 Å². The van der Waals surface area contributed by atoms with Gasteiger partial charge in [0, 0.05) is 17.0 Å². The van der Waals surface area contributed by atoms with Crippen molar-refractivity contribution in [2.75, 3.05) is 7.11 Å². The summed E-state index contributed by atoms with van der Waals surface area (Å²) in [6.07, 6.45) is 0. The summed E-state index contributed by atoms with van der Waals surface area (Å²) in [7, 11) is 1.52. The molecule has 2 aromatic rings. The van der Waals surface area contributed by atoms with Crippen LogP contribution in [0.3, 0.4) is 0 Å². The van der Waals surface area contributed by atoms with Crippen molar-refractivity contribution in [3.8, 4) is 5.75 Å². The molecule has 0 heterocycles. The summed E-state index contributed by atoms with van der Waals surface area (Å²) in [5.41, 5.74) is 7.31. The van der Waals surface area contributed by atoms with E-state index < -0.39 is 11.5 Å². The van der Waals surface area contributed by atoms with Crippen LogP contribution in [0.1, 0.15) is 31.0 Å². The smallest absolute Gasteiger partial charge is 0.123 e. The maximum absolute atomic E-state index is 13.5. The van der Waals surface area contributed by atoms with Crippen molar-refractivity contribution in [2.24, 2.45) is 5.73 Å². The summed E-state index contributed by atoms with van der Waals surface area (Å²) in [4.78, 5) is 0. The minimum absolute atomic E-state index is 0.300. The Morgan fingerprint density at radius 1 is 1.00 bits per heavy atom. The Labute approximate surface area is 123 Å². The SMILES string of the molecule is COc1ccc(F)cc1C(N)C(C)(C)c1ccc(F)cc1. The van der Waals surface area contributed by atoms with Crippen molar-refractivity contribution < 1.29 is 13.5 Å². The molecule has 0 spiro atoms. The Hall–Kier alpha value is -1.94. The largest absolute Gasteiger partial charge is 0.496 e. The van der Waals surface area contributed by atoms with Gasteiger partial charge in [0.1, 0.15) is 17.4 Å². The molecule has 0 bridgehead atoms. The lowest BCUT2D eigenvalue weighted by Gasteiger charge is -2.33. The predicted molar refractivity (Wildman–Crippen MR) is 79.3 cm³/mol. The molecular weight excluding hydrogens is 272 g/mol. The molecule has 4 heteroatoms. The molecule has 0 amide bonds. The highest BCUT2D eigenvalue weighted by molar-refractivity contribution is 5.40. The maximum atomic E-state index is 13.5. The summed E-state index contributed by atoms with van der Waals surface area (Å²) in [6.45, 7) is 3.88. The fraction of sp³-hybridized carbons (Fsp3) is 0.294. The van der Waals surface area contributed by atoms with E-state index >= 15 is 0 Å². The van der Waals surface area contributed by atoms with Gasteiger partial charge in [-0.1, -0.05) is 26.0 Å². The first kappa shape index (κ1) is 15.4. The van der Waals surface area contributed by atoms with Crippen molar-refractivity contribution in [2.45, 2.75) is 25.3 Å². The molecule has 2 nitrogen and oxygen atoms in total. The fourth-order valence-electron chi connectivity index (χ4n) is 2.40. The number of hydrogen-bond donors (Lipinski definition) is 1. The molecule has 0 aliphatic rings. The lowest BCUT2D eigenvalue weighted by Crippen LogP contribution is -2.33. The molecule has 2 aromatic carbocycles. The van der Waals surface area contributed by atoms with Crippen molar-refractivity contribution in [1.29, 1.82) is 0 Å². The lowest BCUT2D eigenvalue weighted by molar-refractivity contribution is 0.374. The number of methoxy groups -OCH3 is 1. The first-order valence-electron chi connectivity index (χ1n) is 6.71. The number of nitrogens with two attached hydrogens (primary N) is 1. The van der Waals surface area contributed by atoms with Gasteiger partial charge in [-0.15, -0.1) is 0 Å². The van der Waals surface area contributed by atoms with Gasteiger partial charge in [-0.05, 0) is 35.9 Å². The zero-order chi connectivity index (χ0) is 15.6. The molecule has 2 rings (SSSR count). The van der Waals surface area contributed by atoms with Gasteiger partial charge in [0.15, 0.2) is 0 Å². The molecule has 0 radical (unpaired) electrons. The van der Waals surface area contributed by atoms with Gasteiger partial charge in [-0.2, -0.15) is 0 Å². The number of benzene rings is 2. The zero-order valence-corrected chi connectivity index (χ0v) is 12.4. The predicted octanol–water partition coefficient (Wildman–Crippen LogP) is 3.95. The highest BCUT2D eigenvalue weighted by Crippen LogP contribution is 2.38. The third kappa shape index (κ3) is 3.05. The third-order valence-corrected chi connectivity index (χ3v) is 3.89. The summed E-state index contributed by atoms with van der Waals surface area (Å²) < 4.78 is 31.9. The number of halogens is 2. The van der Waals surface area contributed by atoms with E-state index in [1.807, 2.05) is 13.8 Å². The van der Waals surface area contributed by atoms with Gasteiger partial charge in [0.05, 0.1) is 7.11 Å². The van der Waals surface area contributed by atoms with Crippen LogP contribution >= 0.6 is 0 Å². The minimum atomic E-state index is -0.505. The van der Waals surface area contributed by atoms with E-state index in [4.69, 9.17) is 10.5 Å². The summed E-state index contributed by atoms with van der Waals surface area (Å²) in [6, 6.07) is 9.97. The van der Waals surface area contributed by atoms with Crippen LogP contribution in [-0.4, -0.2) is 7.11 Å². The molecule has 0 saturated carbocycles. The molecule has 1 atom stereocenters. The van der Waals surface area contributed by atoms with Gasteiger partial charge >= 0.3 is 0 Å². The van der Waals surface area contributed by atoms with Gasteiger partial charge in [-0.3, -0.25) is 0 Å². The van der Waals surface area contributed by atoms with E-state index in [1.165, 1.54) is 31.4 Å². The Kier molecular flexibility index (Phi) is 4.28. The van der Waals surface area contributed by atoms with Crippen molar-refractivity contribution >= 4 is 0 Å². The second-order valence-corrected chi connectivity index (χ2v) is 5.59. The molecule has 21 heavy (non-hydrogen) atoms. The highest BCUT2D eigenvalue weighted by Gasteiger charge is 2.31. The van der Waals surface area contributed by atoms with Crippen LogP contribution in [0.2, 0.25) is 0 Å². The lowest BCUT2D eigenvalue weighted by atomic mass is 9.75. The summed E-state index contributed by atoms with van der Waals surface area (Å²) in [5.74, 6) is -0.123. The van der Waals surface area contributed by atoms with Gasteiger partial charge in [0.25, 0.3) is 0 Å². The normalized spacial score (nSPS) is 13.0. The first-order chi connectivity index (χ1) is 9.86. The van der Waals surface area contributed by atoms with Gasteiger partial charge in [-0.25, -0.2) is 8.78 Å². The fourth-order valence-corrected chi connectivity index (χ4v) is 2.40. The molecule has 2 N–H and O–H groups in total.